The van der Waals surface area contributed by atoms with Crippen molar-refractivity contribution < 1.29 is 19.4 Å². The van der Waals surface area contributed by atoms with Crippen molar-refractivity contribution in [1.29, 1.82) is 0 Å². The number of rotatable bonds is 8. The third kappa shape index (κ3) is 5.63. The van der Waals surface area contributed by atoms with Crippen LogP contribution in [0.1, 0.15) is 51.5 Å². The molecule has 0 unspecified atom stereocenters. The molecular weight excluding hydrogens is 292 g/mol. The molecular formula is C19H28O4. The van der Waals surface area contributed by atoms with Gasteiger partial charge in [-0.15, -0.1) is 0 Å². The average Bonchev–Trinajstić information content (AvgIpc) is 3.01. The number of aliphatic hydroxyl groups is 1. The molecule has 4 nitrogen and oxygen atoms in total. The number of aliphatic hydroxyl groups excluding tert-OH is 1. The van der Waals surface area contributed by atoms with Crippen LogP contribution in [0.25, 0.3) is 0 Å². The lowest BCUT2D eigenvalue weighted by Gasteiger charge is -2.20. The largest absolute Gasteiger partial charge is 0.461 e. The maximum atomic E-state index is 12.2. The molecule has 1 saturated heterocycles. The van der Waals surface area contributed by atoms with Gasteiger partial charge >= 0.3 is 5.97 Å². The molecule has 128 valence electrons. The molecule has 4 atom stereocenters. The van der Waals surface area contributed by atoms with E-state index >= 15 is 0 Å². The van der Waals surface area contributed by atoms with Gasteiger partial charge in [0.2, 0.25) is 0 Å². The molecule has 2 rings (SSSR count). The molecule has 1 aliphatic heterocycles. The summed E-state index contributed by atoms with van der Waals surface area (Å²) in [6.45, 7) is 4.23. The topological polar surface area (TPSA) is 55.8 Å². The van der Waals surface area contributed by atoms with Crippen LogP contribution in [0.5, 0.6) is 0 Å². The van der Waals surface area contributed by atoms with Gasteiger partial charge in [-0.1, -0.05) is 43.7 Å². The van der Waals surface area contributed by atoms with E-state index in [9.17, 15) is 9.90 Å². The maximum Gasteiger partial charge on any atom is 0.311 e. The fraction of sp³-hybridized carbons (Fsp3) is 0.632. The Bertz CT molecular complexity index is 474. The second-order valence-electron chi connectivity index (χ2n) is 6.43. The lowest BCUT2D eigenvalue weighted by atomic mass is 10.0. The third-order valence-electron chi connectivity index (χ3n) is 4.45. The van der Waals surface area contributed by atoms with Crippen LogP contribution in [0, 0.1) is 5.92 Å². The Hall–Kier alpha value is -1.39. The molecule has 0 radical (unpaired) electrons. The first-order valence-corrected chi connectivity index (χ1v) is 8.64. The molecule has 4 heteroatoms. The van der Waals surface area contributed by atoms with Gasteiger partial charge in [0.15, 0.2) is 0 Å². The van der Waals surface area contributed by atoms with E-state index in [4.69, 9.17) is 9.47 Å². The second-order valence-corrected chi connectivity index (χ2v) is 6.43. The summed E-state index contributed by atoms with van der Waals surface area (Å²) in [6, 6.07) is 9.68. The van der Waals surface area contributed by atoms with Crippen molar-refractivity contribution in [1.82, 2.24) is 0 Å². The normalized spacial score (nSPS) is 23.4. The Labute approximate surface area is 138 Å². The lowest BCUT2D eigenvalue weighted by Crippen LogP contribution is -2.28. The highest BCUT2D eigenvalue weighted by molar-refractivity contribution is 5.72. The zero-order chi connectivity index (χ0) is 16.7. The molecule has 0 spiro atoms. The molecule has 1 N–H and O–H groups in total. The predicted octanol–water partition coefficient (Wildman–Crippen LogP) is 3.46. The summed E-state index contributed by atoms with van der Waals surface area (Å²) in [7, 11) is 0. The van der Waals surface area contributed by atoms with E-state index in [0.717, 1.165) is 31.2 Å². The highest BCUT2D eigenvalue weighted by Crippen LogP contribution is 2.29. The Morgan fingerprint density at radius 1 is 1.35 bits per heavy atom. The quantitative estimate of drug-likeness (QED) is 0.745. The van der Waals surface area contributed by atoms with E-state index in [2.05, 4.69) is 6.92 Å². The van der Waals surface area contributed by atoms with Gasteiger partial charge in [-0.2, -0.15) is 0 Å². The molecule has 1 heterocycles. The number of carbonyl (C=O) groups excluding carboxylic acids is 1. The highest BCUT2D eigenvalue weighted by atomic mass is 16.5. The van der Waals surface area contributed by atoms with Gasteiger partial charge in [0.05, 0.1) is 24.2 Å². The first-order chi connectivity index (χ1) is 11.1. The molecule has 23 heavy (non-hydrogen) atoms. The van der Waals surface area contributed by atoms with Crippen molar-refractivity contribution in [2.24, 2.45) is 5.92 Å². The van der Waals surface area contributed by atoms with E-state index in [1.54, 1.807) is 0 Å². The predicted molar refractivity (Wildman–Crippen MR) is 88.8 cm³/mol. The highest BCUT2D eigenvalue weighted by Gasteiger charge is 2.34. The Kier molecular flexibility index (Phi) is 7.06. The van der Waals surface area contributed by atoms with Crippen molar-refractivity contribution >= 4 is 5.97 Å². The van der Waals surface area contributed by atoms with Crippen LogP contribution in [-0.2, 0) is 20.9 Å². The summed E-state index contributed by atoms with van der Waals surface area (Å²) in [6.07, 6.45) is 3.86. The van der Waals surface area contributed by atoms with Gasteiger partial charge < -0.3 is 14.6 Å². The zero-order valence-electron chi connectivity index (χ0n) is 14.1. The van der Waals surface area contributed by atoms with Crippen molar-refractivity contribution in [3.8, 4) is 0 Å². The summed E-state index contributed by atoms with van der Waals surface area (Å²) >= 11 is 0. The lowest BCUT2D eigenvalue weighted by molar-refractivity contribution is -0.154. The van der Waals surface area contributed by atoms with Gasteiger partial charge in [-0.3, -0.25) is 4.79 Å². The minimum absolute atomic E-state index is 0.0610. The van der Waals surface area contributed by atoms with Gasteiger partial charge in [0.25, 0.3) is 0 Å². The molecule has 1 aromatic carbocycles. The first-order valence-electron chi connectivity index (χ1n) is 8.64. The first kappa shape index (κ1) is 18.0. The maximum absolute atomic E-state index is 12.2. The monoisotopic (exact) mass is 320 g/mol. The van der Waals surface area contributed by atoms with Crippen molar-refractivity contribution in [2.75, 3.05) is 0 Å². The van der Waals surface area contributed by atoms with Crippen LogP contribution in [0.4, 0.5) is 0 Å². The number of hydrogen-bond donors (Lipinski definition) is 1. The minimum atomic E-state index is -0.302. The fourth-order valence-electron chi connectivity index (χ4n) is 3.04. The van der Waals surface area contributed by atoms with Gasteiger partial charge in [-0.25, -0.2) is 0 Å². The van der Waals surface area contributed by atoms with Crippen LogP contribution in [0.2, 0.25) is 0 Å². The smallest absolute Gasteiger partial charge is 0.311 e. The van der Waals surface area contributed by atoms with Crippen molar-refractivity contribution in [2.45, 2.75) is 70.9 Å². The van der Waals surface area contributed by atoms with Crippen LogP contribution in [0.3, 0.4) is 0 Å². The van der Waals surface area contributed by atoms with E-state index in [0.29, 0.717) is 13.0 Å². The van der Waals surface area contributed by atoms with Gasteiger partial charge in [0.1, 0.15) is 6.61 Å². The number of hydrogen-bond acceptors (Lipinski definition) is 4. The fourth-order valence-corrected chi connectivity index (χ4v) is 3.04. The number of benzene rings is 1. The molecule has 1 aliphatic rings. The third-order valence-corrected chi connectivity index (χ3v) is 4.45. The number of carbonyl (C=O) groups is 1. The van der Waals surface area contributed by atoms with E-state index in [-0.39, 0.29) is 30.2 Å². The summed E-state index contributed by atoms with van der Waals surface area (Å²) in [5, 5.41) is 9.88. The molecule has 0 aromatic heterocycles. The average molecular weight is 320 g/mol. The van der Waals surface area contributed by atoms with E-state index < -0.39 is 0 Å². The summed E-state index contributed by atoms with van der Waals surface area (Å²) in [4.78, 5) is 12.2. The Morgan fingerprint density at radius 3 is 2.78 bits per heavy atom. The molecule has 1 fully saturated rings. The summed E-state index contributed by atoms with van der Waals surface area (Å²) < 4.78 is 11.3. The Balaban J connectivity index is 1.75. The molecule has 0 amide bonds. The van der Waals surface area contributed by atoms with Gasteiger partial charge in [-0.05, 0) is 38.2 Å². The van der Waals surface area contributed by atoms with Crippen LogP contribution >= 0.6 is 0 Å². The minimum Gasteiger partial charge on any atom is -0.461 e. The molecule has 0 saturated carbocycles. The zero-order valence-corrected chi connectivity index (χ0v) is 14.1. The molecule has 0 bridgehead atoms. The summed E-state index contributed by atoms with van der Waals surface area (Å²) in [5.74, 6) is -0.486. The molecule has 1 aromatic rings. The van der Waals surface area contributed by atoms with Crippen molar-refractivity contribution in [3.63, 3.8) is 0 Å². The van der Waals surface area contributed by atoms with E-state index in [1.807, 2.05) is 37.3 Å². The van der Waals surface area contributed by atoms with Gasteiger partial charge in [0, 0.05) is 0 Å². The number of ether oxygens (including phenoxy) is 2. The van der Waals surface area contributed by atoms with Crippen LogP contribution < -0.4 is 0 Å². The molecule has 0 aliphatic carbocycles. The van der Waals surface area contributed by atoms with Crippen LogP contribution in [0.15, 0.2) is 30.3 Å². The number of esters is 1. The second kappa shape index (κ2) is 9.04. The SMILES string of the molecule is CCC[C@H](O)C[C@@H]1CC[C@H]([C@@H](C)C(=O)OCc2ccccc2)O1. The van der Waals surface area contributed by atoms with E-state index in [1.165, 1.54) is 0 Å². The Morgan fingerprint density at radius 2 is 2.09 bits per heavy atom. The van der Waals surface area contributed by atoms with Crippen molar-refractivity contribution in [3.05, 3.63) is 35.9 Å². The standard InChI is InChI=1S/C19H28O4/c1-3-7-16(20)12-17-10-11-18(23-17)14(2)19(21)22-13-15-8-5-4-6-9-15/h4-6,8-9,14,16-18,20H,3,7,10-13H2,1-2H3/t14-,16+,17+,18-/m1/s1. The summed E-state index contributed by atoms with van der Waals surface area (Å²) in [5.41, 5.74) is 0.987. The van der Waals surface area contributed by atoms with Crippen LogP contribution in [-0.4, -0.2) is 29.4 Å².